The van der Waals surface area contributed by atoms with E-state index in [1.54, 1.807) is 12.1 Å². The van der Waals surface area contributed by atoms with E-state index in [1.165, 1.54) is 12.1 Å². The Hall–Kier alpha value is -0.930. The standard InChI is InChI=1S/C12H16FNO/c1-9(15-12-6-7-14-8-12)10-2-4-11(13)5-3-10/h2-5,9,12,14H,6-8H2,1H3/t9-,12+/m0/s1. The van der Waals surface area contributed by atoms with E-state index < -0.39 is 0 Å². The quantitative estimate of drug-likeness (QED) is 0.824. The fourth-order valence-corrected chi connectivity index (χ4v) is 1.85. The molecule has 2 atom stereocenters. The van der Waals surface area contributed by atoms with E-state index in [2.05, 4.69) is 5.32 Å². The summed E-state index contributed by atoms with van der Waals surface area (Å²) in [5, 5.41) is 3.25. The largest absolute Gasteiger partial charge is 0.369 e. The highest BCUT2D eigenvalue weighted by atomic mass is 19.1. The van der Waals surface area contributed by atoms with Crippen LogP contribution in [0.15, 0.2) is 24.3 Å². The van der Waals surface area contributed by atoms with Crippen molar-refractivity contribution in [1.29, 1.82) is 0 Å². The van der Waals surface area contributed by atoms with Crippen molar-refractivity contribution in [3.05, 3.63) is 35.6 Å². The van der Waals surface area contributed by atoms with Crippen LogP contribution in [-0.4, -0.2) is 19.2 Å². The Morgan fingerprint density at radius 2 is 2.13 bits per heavy atom. The van der Waals surface area contributed by atoms with Gasteiger partial charge in [-0.25, -0.2) is 4.39 Å². The Bertz CT molecular complexity index is 306. The maximum absolute atomic E-state index is 12.7. The summed E-state index contributed by atoms with van der Waals surface area (Å²) in [5.41, 5.74) is 1.03. The molecule has 1 fully saturated rings. The molecule has 0 aliphatic carbocycles. The van der Waals surface area contributed by atoms with Crippen LogP contribution in [0.3, 0.4) is 0 Å². The van der Waals surface area contributed by atoms with Crippen molar-refractivity contribution < 1.29 is 9.13 Å². The normalized spacial score (nSPS) is 22.9. The first-order valence-electron chi connectivity index (χ1n) is 5.37. The van der Waals surface area contributed by atoms with Gasteiger partial charge in [0, 0.05) is 6.54 Å². The third-order valence-electron chi connectivity index (χ3n) is 2.75. The average molecular weight is 209 g/mol. The Morgan fingerprint density at radius 3 is 2.73 bits per heavy atom. The van der Waals surface area contributed by atoms with Crippen LogP contribution in [0.25, 0.3) is 0 Å². The van der Waals surface area contributed by atoms with Crippen molar-refractivity contribution in [2.24, 2.45) is 0 Å². The van der Waals surface area contributed by atoms with Crippen LogP contribution in [0, 0.1) is 5.82 Å². The Morgan fingerprint density at radius 1 is 1.40 bits per heavy atom. The smallest absolute Gasteiger partial charge is 0.123 e. The summed E-state index contributed by atoms with van der Waals surface area (Å²) in [6.07, 6.45) is 1.39. The van der Waals surface area contributed by atoms with E-state index in [0.717, 1.165) is 25.1 Å². The molecule has 0 bridgehead atoms. The molecule has 0 saturated carbocycles. The van der Waals surface area contributed by atoms with Crippen LogP contribution < -0.4 is 5.32 Å². The molecule has 1 heterocycles. The fourth-order valence-electron chi connectivity index (χ4n) is 1.85. The SMILES string of the molecule is C[C@H](O[C@@H]1CCNC1)c1ccc(F)cc1. The minimum atomic E-state index is -0.200. The van der Waals surface area contributed by atoms with Gasteiger partial charge in [0.25, 0.3) is 0 Å². The molecule has 1 N–H and O–H groups in total. The molecule has 2 nitrogen and oxygen atoms in total. The van der Waals surface area contributed by atoms with Crippen molar-refractivity contribution in [2.45, 2.75) is 25.6 Å². The molecule has 3 heteroatoms. The molecule has 1 saturated heterocycles. The zero-order valence-corrected chi connectivity index (χ0v) is 8.87. The Balaban J connectivity index is 1.94. The number of rotatable bonds is 3. The van der Waals surface area contributed by atoms with Gasteiger partial charge in [-0.2, -0.15) is 0 Å². The number of benzene rings is 1. The fraction of sp³-hybridized carbons (Fsp3) is 0.500. The maximum atomic E-state index is 12.7. The van der Waals surface area contributed by atoms with Gasteiger partial charge in [0.2, 0.25) is 0 Å². The zero-order valence-electron chi connectivity index (χ0n) is 8.87. The first kappa shape index (κ1) is 10.6. The molecule has 2 rings (SSSR count). The second-order valence-corrected chi connectivity index (χ2v) is 3.94. The number of ether oxygens (including phenoxy) is 1. The lowest BCUT2D eigenvalue weighted by Crippen LogP contribution is -2.18. The minimum absolute atomic E-state index is 0.0375. The molecular weight excluding hydrogens is 193 g/mol. The van der Waals surface area contributed by atoms with Gasteiger partial charge in [0.15, 0.2) is 0 Å². The number of hydrogen-bond donors (Lipinski definition) is 1. The third-order valence-corrected chi connectivity index (χ3v) is 2.75. The van der Waals surface area contributed by atoms with Crippen LogP contribution >= 0.6 is 0 Å². The summed E-state index contributed by atoms with van der Waals surface area (Å²) in [7, 11) is 0. The first-order valence-corrected chi connectivity index (χ1v) is 5.37. The second-order valence-electron chi connectivity index (χ2n) is 3.94. The van der Waals surface area contributed by atoms with Gasteiger partial charge in [-0.1, -0.05) is 12.1 Å². The van der Waals surface area contributed by atoms with Crippen molar-refractivity contribution in [2.75, 3.05) is 13.1 Å². The summed E-state index contributed by atoms with van der Waals surface area (Å²) in [4.78, 5) is 0. The van der Waals surface area contributed by atoms with E-state index in [1.807, 2.05) is 6.92 Å². The summed E-state index contributed by atoms with van der Waals surface area (Å²) >= 11 is 0. The maximum Gasteiger partial charge on any atom is 0.123 e. The lowest BCUT2D eigenvalue weighted by molar-refractivity contribution is 0.00826. The van der Waals surface area contributed by atoms with Crippen molar-refractivity contribution in [3.63, 3.8) is 0 Å². The molecule has 15 heavy (non-hydrogen) atoms. The van der Waals surface area contributed by atoms with Gasteiger partial charge in [-0.15, -0.1) is 0 Å². The zero-order chi connectivity index (χ0) is 10.7. The molecule has 1 aliphatic rings. The predicted molar refractivity (Wildman–Crippen MR) is 57.2 cm³/mol. The van der Waals surface area contributed by atoms with Gasteiger partial charge in [-0.3, -0.25) is 0 Å². The molecule has 0 unspecified atom stereocenters. The summed E-state index contributed by atoms with van der Waals surface area (Å²) in [5.74, 6) is -0.200. The van der Waals surface area contributed by atoms with Crippen LogP contribution in [0.5, 0.6) is 0 Å². The second kappa shape index (κ2) is 4.73. The van der Waals surface area contributed by atoms with Crippen LogP contribution in [-0.2, 0) is 4.74 Å². The van der Waals surface area contributed by atoms with Gasteiger partial charge in [0.05, 0.1) is 12.2 Å². The van der Waals surface area contributed by atoms with E-state index in [-0.39, 0.29) is 11.9 Å². The monoisotopic (exact) mass is 209 g/mol. The van der Waals surface area contributed by atoms with E-state index >= 15 is 0 Å². The summed E-state index contributed by atoms with van der Waals surface area (Å²) < 4.78 is 18.6. The molecule has 0 radical (unpaired) electrons. The molecule has 1 aromatic carbocycles. The predicted octanol–water partition coefficient (Wildman–Crippen LogP) is 2.27. The van der Waals surface area contributed by atoms with Crippen LogP contribution in [0.2, 0.25) is 0 Å². The topological polar surface area (TPSA) is 21.3 Å². The van der Waals surface area contributed by atoms with E-state index in [4.69, 9.17) is 4.74 Å². The van der Waals surface area contributed by atoms with Crippen LogP contribution in [0.4, 0.5) is 4.39 Å². The summed E-state index contributed by atoms with van der Waals surface area (Å²) in [6.45, 7) is 3.96. The van der Waals surface area contributed by atoms with E-state index in [9.17, 15) is 4.39 Å². The lowest BCUT2D eigenvalue weighted by atomic mass is 10.1. The molecule has 1 aliphatic heterocycles. The van der Waals surface area contributed by atoms with Gasteiger partial charge < -0.3 is 10.1 Å². The van der Waals surface area contributed by atoms with Gasteiger partial charge in [0.1, 0.15) is 5.82 Å². The number of hydrogen-bond acceptors (Lipinski definition) is 2. The molecule has 82 valence electrons. The summed E-state index contributed by atoms with van der Waals surface area (Å²) in [6, 6.07) is 6.51. The average Bonchev–Trinajstić information content (AvgIpc) is 2.71. The molecule has 1 aromatic rings. The number of nitrogens with one attached hydrogen (secondary N) is 1. The molecular formula is C12H16FNO. The van der Waals surface area contributed by atoms with E-state index in [0.29, 0.717) is 6.10 Å². The van der Waals surface area contributed by atoms with Gasteiger partial charge in [-0.05, 0) is 37.6 Å². The highest BCUT2D eigenvalue weighted by molar-refractivity contribution is 5.18. The van der Waals surface area contributed by atoms with Crippen LogP contribution in [0.1, 0.15) is 25.0 Å². The minimum Gasteiger partial charge on any atom is -0.369 e. The van der Waals surface area contributed by atoms with Gasteiger partial charge >= 0.3 is 0 Å². The third kappa shape index (κ3) is 2.76. The molecule has 0 spiro atoms. The van der Waals surface area contributed by atoms with Crippen molar-refractivity contribution in [1.82, 2.24) is 5.32 Å². The number of halogens is 1. The lowest BCUT2D eigenvalue weighted by Gasteiger charge is -2.18. The first-order chi connectivity index (χ1) is 7.25. The molecule has 0 aromatic heterocycles. The highest BCUT2D eigenvalue weighted by Gasteiger charge is 2.18. The van der Waals surface area contributed by atoms with Crippen molar-refractivity contribution >= 4 is 0 Å². The Kier molecular flexibility index (Phi) is 3.34. The van der Waals surface area contributed by atoms with Crippen molar-refractivity contribution in [3.8, 4) is 0 Å². The molecule has 0 amide bonds. The highest BCUT2D eigenvalue weighted by Crippen LogP contribution is 2.20. The Labute approximate surface area is 89.4 Å².